The van der Waals surface area contributed by atoms with Crippen molar-refractivity contribution in [3.63, 3.8) is 0 Å². The highest BCUT2D eigenvalue weighted by Gasteiger charge is 2.26. The highest BCUT2D eigenvalue weighted by Crippen LogP contribution is 2.41. The average molecular weight is 556 g/mol. The van der Waals surface area contributed by atoms with Crippen LogP contribution in [0.15, 0.2) is 84.8 Å². The van der Waals surface area contributed by atoms with Crippen molar-refractivity contribution in [1.29, 1.82) is 5.26 Å². The average Bonchev–Trinajstić information content (AvgIpc) is 3.46. The fourth-order valence-corrected chi connectivity index (χ4v) is 5.65. The molecule has 1 aliphatic heterocycles. The predicted molar refractivity (Wildman–Crippen MR) is 156 cm³/mol. The van der Waals surface area contributed by atoms with Crippen LogP contribution in [0.2, 0.25) is 0 Å². The summed E-state index contributed by atoms with van der Waals surface area (Å²) < 4.78 is 42.3. The Bertz CT molecular complexity index is 1770. The Kier molecular flexibility index (Phi) is 7.74. The van der Waals surface area contributed by atoms with Crippen LogP contribution in [-0.2, 0) is 23.2 Å². The number of imidazole rings is 1. The molecule has 0 fully saturated rings. The SMILES string of the molecule is CCN1C(=CC=Cc2n(CCCS(=O)(=O)O)c3cc(C#N)ccc3[n+]2CC)Oc2ccc(-c3ccccc3)cc21. The van der Waals surface area contributed by atoms with E-state index in [0.717, 1.165) is 46.0 Å². The summed E-state index contributed by atoms with van der Waals surface area (Å²) in [7, 11) is -4.08. The first kappa shape index (κ1) is 27.2. The van der Waals surface area contributed by atoms with Crippen molar-refractivity contribution in [3.8, 4) is 22.9 Å². The zero-order valence-corrected chi connectivity index (χ0v) is 23.3. The van der Waals surface area contributed by atoms with Crippen molar-refractivity contribution in [2.45, 2.75) is 33.4 Å². The molecule has 8 nitrogen and oxygen atoms in total. The van der Waals surface area contributed by atoms with Crippen LogP contribution >= 0.6 is 0 Å². The van der Waals surface area contributed by atoms with Crippen molar-refractivity contribution in [2.24, 2.45) is 0 Å². The Morgan fingerprint density at radius 2 is 1.85 bits per heavy atom. The number of fused-ring (bicyclic) bond motifs is 2. The third kappa shape index (κ3) is 5.50. The molecule has 0 saturated carbocycles. The van der Waals surface area contributed by atoms with Crippen LogP contribution in [0, 0.1) is 11.3 Å². The van der Waals surface area contributed by atoms with Crippen molar-refractivity contribution in [3.05, 3.63) is 96.2 Å². The number of nitrogens with zero attached hydrogens (tertiary/aromatic N) is 4. The third-order valence-electron chi connectivity index (χ3n) is 6.98. The number of nitriles is 1. The lowest BCUT2D eigenvalue weighted by atomic mass is 10.0. The maximum absolute atomic E-state index is 11.4. The fourth-order valence-electron chi connectivity index (χ4n) is 5.16. The van der Waals surface area contributed by atoms with Crippen LogP contribution in [0.3, 0.4) is 0 Å². The zero-order chi connectivity index (χ0) is 28.3. The second-order valence-electron chi connectivity index (χ2n) is 9.47. The molecule has 0 bridgehead atoms. The fraction of sp³-hybridized carbons (Fsp3) is 0.226. The summed E-state index contributed by atoms with van der Waals surface area (Å²) in [5, 5.41) is 9.45. The number of ether oxygens (including phenoxy) is 1. The lowest BCUT2D eigenvalue weighted by Crippen LogP contribution is -2.35. The minimum atomic E-state index is -4.08. The molecule has 5 rings (SSSR count). The molecule has 1 N–H and O–H groups in total. The number of hydrogen-bond acceptors (Lipinski definition) is 5. The van der Waals surface area contributed by atoms with E-state index < -0.39 is 10.1 Å². The summed E-state index contributed by atoms with van der Waals surface area (Å²) in [6.07, 6.45) is 6.04. The molecule has 0 radical (unpaired) electrons. The molecule has 204 valence electrons. The van der Waals surface area contributed by atoms with Gasteiger partial charge in [-0.15, -0.1) is 0 Å². The summed E-state index contributed by atoms with van der Waals surface area (Å²) in [5.74, 6) is 2.02. The monoisotopic (exact) mass is 555 g/mol. The molecule has 0 amide bonds. The summed E-state index contributed by atoms with van der Waals surface area (Å²) >= 11 is 0. The lowest BCUT2D eigenvalue weighted by molar-refractivity contribution is -0.670. The molecule has 0 atom stereocenters. The summed E-state index contributed by atoms with van der Waals surface area (Å²) in [6, 6.07) is 24.1. The van der Waals surface area contributed by atoms with Crippen molar-refractivity contribution >= 4 is 32.9 Å². The van der Waals surface area contributed by atoms with Gasteiger partial charge in [0.2, 0.25) is 5.88 Å². The number of rotatable bonds is 9. The zero-order valence-electron chi connectivity index (χ0n) is 22.5. The molecule has 1 aromatic heterocycles. The molecule has 2 heterocycles. The van der Waals surface area contributed by atoms with Gasteiger partial charge < -0.3 is 9.64 Å². The Hall–Kier alpha value is -4.39. The highest BCUT2D eigenvalue weighted by atomic mass is 32.2. The number of benzene rings is 3. The Labute approximate surface area is 234 Å². The van der Waals surface area contributed by atoms with Gasteiger partial charge in [0.05, 0.1) is 36.2 Å². The van der Waals surface area contributed by atoms with Gasteiger partial charge in [-0.1, -0.05) is 36.4 Å². The quantitative estimate of drug-likeness (QED) is 0.215. The smallest absolute Gasteiger partial charge is 0.282 e. The maximum atomic E-state index is 11.4. The van der Waals surface area contributed by atoms with Crippen LogP contribution in [0.1, 0.15) is 31.7 Å². The highest BCUT2D eigenvalue weighted by molar-refractivity contribution is 7.85. The van der Waals surface area contributed by atoms with E-state index >= 15 is 0 Å². The van der Waals surface area contributed by atoms with E-state index in [1.807, 2.05) is 66.1 Å². The maximum Gasteiger partial charge on any atom is 0.282 e. The molecule has 1 aliphatic rings. The lowest BCUT2D eigenvalue weighted by Gasteiger charge is -2.15. The van der Waals surface area contributed by atoms with Crippen LogP contribution < -0.4 is 14.2 Å². The van der Waals surface area contributed by atoms with Crippen molar-refractivity contribution in [2.75, 3.05) is 17.2 Å². The van der Waals surface area contributed by atoms with E-state index in [4.69, 9.17) is 4.74 Å². The van der Waals surface area contributed by atoms with Crippen molar-refractivity contribution in [1.82, 2.24) is 4.57 Å². The summed E-state index contributed by atoms with van der Waals surface area (Å²) in [4.78, 5) is 2.13. The van der Waals surface area contributed by atoms with E-state index in [2.05, 4.69) is 46.7 Å². The molecular weight excluding hydrogens is 524 g/mol. The van der Waals surface area contributed by atoms with Gasteiger partial charge in [0.1, 0.15) is 0 Å². The molecule has 0 spiro atoms. The first-order chi connectivity index (χ1) is 19.3. The van der Waals surface area contributed by atoms with E-state index in [1.165, 1.54) is 0 Å². The van der Waals surface area contributed by atoms with E-state index in [-0.39, 0.29) is 12.2 Å². The van der Waals surface area contributed by atoms with Crippen LogP contribution in [0.4, 0.5) is 5.69 Å². The molecule has 9 heteroatoms. The number of hydrogen-bond donors (Lipinski definition) is 1. The molecule has 4 aromatic rings. The number of allylic oxidation sites excluding steroid dienone is 2. The van der Waals surface area contributed by atoms with E-state index in [1.54, 1.807) is 6.07 Å². The largest absolute Gasteiger partial charge is 0.439 e. The normalized spacial score (nSPS) is 14.2. The summed E-state index contributed by atoms with van der Waals surface area (Å²) in [6.45, 7) is 5.88. The van der Waals surface area contributed by atoms with E-state index in [0.29, 0.717) is 24.5 Å². The van der Waals surface area contributed by atoms with Gasteiger partial charge >= 0.3 is 0 Å². The molecule has 40 heavy (non-hydrogen) atoms. The van der Waals surface area contributed by atoms with E-state index in [9.17, 15) is 18.2 Å². The Morgan fingerprint density at radius 3 is 2.55 bits per heavy atom. The minimum Gasteiger partial charge on any atom is -0.439 e. The Balaban J connectivity index is 1.49. The van der Waals surface area contributed by atoms with Gasteiger partial charge in [-0.2, -0.15) is 13.7 Å². The second kappa shape index (κ2) is 11.4. The molecular formula is C31H31N4O4S+. The molecule has 0 aliphatic carbocycles. The van der Waals surface area contributed by atoms with Crippen LogP contribution in [0.5, 0.6) is 5.75 Å². The van der Waals surface area contributed by atoms with Gasteiger partial charge in [-0.05, 0) is 61.4 Å². The first-order valence-electron chi connectivity index (χ1n) is 13.3. The van der Waals surface area contributed by atoms with Gasteiger partial charge in [0, 0.05) is 25.1 Å². The molecule has 0 unspecified atom stereocenters. The van der Waals surface area contributed by atoms with Gasteiger partial charge in [-0.3, -0.25) is 4.55 Å². The molecule has 3 aromatic carbocycles. The number of aryl methyl sites for hydroxylation is 2. The van der Waals surface area contributed by atoms with Crippen LogP contribution in [0.25, 0.3) is 28.2 Å². The molecule has 0 saturated heterocycles. The predicted octanol–water partition coefficient (Wildman–Crippen LogP) is 5.54. The second-order valence-corrected chi connectivity index (χ2v) is 11.0. The van der Waals surface area contributed by atoms with Gasteiger partial charge in [0.25, 0.3) is 15.9 Å². The number of anilines is 1. The third-order valence-corrected chi connectivity index (χ3v) is 7.78. The number of aromatic nitrogens is 2. The first-order valence-corrected chi connectivity index (χ1v) is 14.9. The van der Waals surface area contributed by atoms with Gasteiger partial charge in [0.15, 0.2) is 16.8 Å². The van der Waals surface area contributed by atoms with Crippen LogP contribution in [-0.4, -0.2) is 29.8 Å². The van der Waals surface area contributed by atoms with Crippen molar-refractivity contribution < 1.29 is 22.3 Å². The summed E-state index contributed by atoms with van der Waals surface area (Å²) in [5.41, 5.74) is 5.56. The standard InChI is InChI=1S/C31H30N4O4S/c1-3-33-26-16-14-23(22-32)20-27(26)35(18-9-19-40(36,37)38)30(33)12-8-13-31-34(4-2)28-21-25(15-17-29(28)39-31)24-10-6-5-7-11-24/h5-8,10-17,20-21H,3-4,9,18-19H2,1-2H3/p+1. The Morgan fingerprint density at radius 1 is 1.05 bits per heavy atom. The minimum absolute atomic E-state index is 0.233. The topological polar surface area (TPSA) is 99.4 Å². The van der Waals surface area contributed by atoms with Gasteiger partial charge in [-0.25, -0.2) is 9.13 Å².